The molecule has 0 radical (unpaired) electrons. The Morgan fingerprint density at radius 3 is 2.12 bits per heavy atom. The second kappa shape index (κ2) is 14.7. The summed E-state index contributed by atoms with van der Waals surface area (Å²) in [5.41, 5.74) is 14.4. The van der Waals surface area contributed by atoms with Crippen LogP contribution in [0, 0.1) is 0 Å². The van der Waals surface area contributed by atoms with Crippen LogP contribution in [0.3, 0.4) is 0 Å². The summed E-state index contributed by atoms with van der Waals surface area (Å²) in [6.07, 6.45) is 9.63. The van der Waals surface area contributed by atoms with E-state index < -0.39 is 32.8 Å². The molecular weight excluding hydrogens is 841 g/mol. The molecule has 4 aliphatic rings. The van der Waals surface area contributed by atoms with Crippen LogP contribution in [0.2, 0.25) is 13.0 Å². The van der Waals surface area contributed by atoms with Crippen molar-refractivity contribution >= 4 is 56.0 Å². The SMILES string of the molecule is [2H]C1(c2cc3c(cc2-c2cccc4c2Oc2ccc(-c5c(C6([2H])CCCC6)ccc6c5sc5nc7ccccc7n56)cc2[Si]4(C([2H])([2H])[2H])C([2H])([2H])[2H])-c2ccccc2-c2ncncc2-c2ccccc2-3)CCCC1. The van der Waals surface area contributed by atoms with Crippen LogP contribution in [0.25, 0.3) is 93.1 Å². The Bertz CT molecular complexity index is 3990. The fraction of sp³-hybridized carbons (Fsp3) is 0.203. The Labute approximate surface area is 401 Å². The van der Waals surface area contributed by atoms with Crippen LogP contribution in [0.4, 0.5) is 0 Å². The second-order valence-electron chi connectivity index (χ2n) is 18.3. The van der Waals surface area contributed by atoms with Gasteiger partial charge in [0, 0.05) is 39.4 Å². The highest BCUT2D eigenvalue weighted by atomic mass is 32.1. The second-order valence-corrected chi connectivity index (χ2v) is 21.9. The Morgan fingerprint density at radius 1 is 0.621 bits per heavy atom. The van der Waals surface area contributed by atoms with Crippen molar-refractivity contribution in [3.63, 3.8) is 0 Å². The van der Waals surface area contributed by atoms with E-state index in [0.717, 1.165) is 113 Å². The van der Waals surface area contributed by atoms with Crippen LogP contribution in [0.5, 0.6) is 11.5 Å². The number of hydrogen-bond donors (Lipinski definition) is 0. The molecule has 66 heavy (non-hydrogen) atoms. The number of imidazole rings is 1. The molecule has 2 fully saturated rings. The van der Waals surface area contributed by atoms with Crippen molar-refractivity contribution < 1.29 is 15.7 Å². The Balaban J connectivity index is 1.03. The van der Waals surface area contributed by atoms with Gasteiger partial charge >= 0.3 is 0 Å². The van der Waals surface area contributed by atoms with E-state index in [1.54, 1.807) is 30.6 Å². The van der Waals surface area contributed by atoms with Gasteiger partial charge < -0.3 is 4.74 Å². The number of ether oxygens (including phenoxy) is 1. The first-order valence-electron chi connectivity index (χ1n) is 27.2. The third kappa shape index (κ3) is 5.66. The lowest BCUT2D eigenvalue weighted by atomic mass is 9.78. The predicted octanol–water partition coefficient (Wildman–Crippen LogP) is 15.1. The number of rotatable bonds is 4. The smallest absolute Gasteiger partial charge is 0.195 e. The van der Waals surface area contributed by atoms with Gasteiger partial charge in [0.15, 0.2) is 4.96 Å². The first-order chi connectivity index (χ1) is 35.7. The van der Waals surface area contributed by atoms with E-state index in [9.17, 15) is 11.0 Å². The van der Waals surface area contributed by atoms with Gasteiger partial charge in [-0.05, 0) is 134 Å². The zero-order chi connectivity index (χ0) is 50.5. The normalized spacial score (nSPS) is 19.4. The predicted molar refractivity (Wildman–Crippen MR) is 276 cm³/mol. The van der Waals surface area contributed by atoms with Crippen molar-refractivity contribution in [2.45, 2.75) is 76.1 Å². The van der Waals surface area contributed by atoms with Crippen LogP contribution in [-0.4, -0.2) is 27.4 Å². The molecule has 3 aliphatic carbocycles. The van der Waals surface area contributed by atoms with Crippen LogP contribution in [0.15, 0.2) is 146 Å². The molecule has 320 valence electrons. The van der Waals surface area contributed by atoms with Crippen LogP contribution in [-0.2, 0) is 0 Å². The molecule has 1 aliphatic heterocycles. The van der Waals surface area contributed by atoms with Gasteiger partial charge in [-0.15, -0.1) is 0 Å². The fourth-order valence-electron chi connectivity index (χ4n) is 11.6. The van der Waals surface area contributed by atoms with Gasteiger partial charge in [-0.25, -0.2) is 15.0 Å². The lowest BCUT2D eigenvalue weighted by Crippen LogP contribution is -2.56. The average molecular weight is 897 g/mol. The summed E-state index contributed by atoms with van der Waals surface area (Å²) in [4.78, 5) is 15.1. The Hall–Kier alpha value is -6.67. The van der Waals surface area contributed by atoms with Crippen molar-refractivity contribution in [2.24, 2.45) is 0 Å². The number of aromatic nitrogens is 4. The highest BCUT2D eigenvalue weighted by Crippen LogP contribution is 2.53. The summed E-state index contributed by atoms with van der Waals surface area (Å²) in [5, 5.41) is 0.351. The summed E-state index contributed by atoms with van der Waals surface area (Å²) < 4.78 is 88.0. The molecule has 0 saturated heterocycles. The fourth-order valence-corrected chi connectivity index (χ4v) is 14.9. The molecule has 4 heterocycles. The van der Waals surface area contributed by atoms with E-state index in [4.69, 9.17) is 14.7 Å². The molecule has 2 saturated carbocycles. The van der Waals surface area contributed by atoms with Gasteiger partial charge in [0.2, 0.25) is 0 Å². The summed E-state index contributed by atoms with van der Waals surface area (Å²) >= 11 is 1.53. The first-order valence-corrected chi connectivity index (χ1v) is 26.0. The van der Waals surface area contributed by atoms with Crippen molar-refractivity contribution in [3.8, 4) is 78.4 Å². The molecule has 3 aromatic heterocycles. The highest BCUT2D eigenvalue weighted by molar-refractivity contribution is 7.24. The third-order valence-corrected chi connectivity index (χ3v) is 18.2. The zero-order valence-corrected chi connectivity index (χ0v) is 37.9. The standard InChI is InChI=1S/C59H48N4OSSi/c1-66(2)53-25-13-22-43(47-32-46-41-20-9-10-21-42(41)56-48(33-60-34-61-56)40-19-8-7-18-39(40)45(46)31-44(47)36-16-5-6-17-36)57(53)64-52-29-26-37(30-54(52)66)55-38(35-14-3-4-15-35)27-28-51-58(55)65-59-62-49-23-11-12-24-50(49)63(51)59/h7-13,18-36H,3-6,14-17H2,1-2H3/i1D3,2D3,35D,36D. The van der Waals surface area contributed by atoms with Crippen LogP contribution < -0.4 is 15.1 Å². The zero-order valence-electron chi connectivity index (χ0n) is 44.1. The quantitative estimate of drug-likeness (QED) is 0.165. The van der Waals surface area contributed by atoms with E-state index in [1.807, 2.05) is 66.9 Å². The molecule has 0 unspecified atom stereocenters. The number of fused-ring (bicyclic) bond motifs is 15. The molecule has 0 amide bonds. The maximum Gasteiger partial charge on any atom is 0.195 e. The molecule has 0 spiro atoms. The van der Waals surface area contributed by atoms with E-state index in [-0.39, 0.29) is 21.9 Å². The number of hydrogen-bond acceptors (Lipinski definition) is 5. The largest absolute Gasteiger partial charge is 0.457 e. The lowest BCUT2D eigenvalue weighted by molar-refractivity contribution is 0.488. The van der Waals surface area contributed by atoms with E-state index >= 15 is 0 Å². The van der Waals surface area contributed by atoms with Crippen molar-refractivity contribution in [3.05, 3.63) is 157 Å². The minimum atomic E-state index is -4.95. The van der Waals surface area contributed by atoms with Gasteiger partial charge in [-0.3, -0.25) is 4.40 Å². The van der Waals surface area contributed by atoms with Gasteiger partial charge in [0.1, 0.15) is 25.9 Å². The first kappa shape index (κ1) is 31.3. The molecule has 0 bridgehead atoms. The molecule has 0 atom stereocenters. The summed E-state index contributed by atoms with van der Waals surface area (Å²) in [6, 6.07) is 43.7. The number of para-hydroxylation sites is 3. The van der Waals surface area contributed by atoms with Gasteiger partial charge in [-0.2, -0.15) is 0 Å². The monoisotopic (exact) mass is 896 g/mol. The molecular formula is C59H48N4OSSi. The third-order valence-electron chi connectivity index (χ3n) is 14.7. The molecule has 10 aromatic rings. The van der Waals surface area contributed by atoms with E-state index in [2.05, 4.69) is 57.9 Å². The van der Waals surface area contributed by atoms with Gasteiger partial charge in [0.25, 0.3) is 0 Å². The van der Waals surface area contributed by atoms with Crippen LogP contribution >= 0.6 is 11.3 Å². The lowest BCUT2D eigenvalue weighted by Gasteiger charge is -2.35. The molecule has 7 aromatic carbocycles. The number of thiazole rings is 1. The summed E-state index contributed by atoms with van der Waals surface area (Å²) in [5.74, 6) is -1.50. The Kier molecular flexibility index (Phi) is 6.95. The highest BCUT2D eigenvalue weighted by Gasteiger charge is 2.39. The Morgan fingerprint density at radius 2 is 1.32 bits per heavy atom. The number of benzene rings is 7. The average Bonchev–Trinajstić information content (AvgIpc) is 4.23. The maximum absolute atomic E-state index is 10.3. The van der Waals surface area contributed by atoms with Gasteiger partial charge in [0.05, 0.1) is 26.9 Å². The van der Waals surface area contributed by atoms with Crippen LogP contribution in [0.1, 0.15) is 85.2 Å². The van der Waals surface area contributed by atoms with Crippen molar-refractivity contribution in [1.82, 2.24) is 19.4 Å². The maximum atomic E-state index is 10.3. The summed E-state index contributed by atoms with van der Waals surface area (Å²) in [7, 11) is -4.95. The van der Waals surface area contributed by atoms with E-state index in [0.29, 0.717) is 42.4 Å². The van der Waals surface area contributed by atoms with Crippen molar-refractivity contribution in [2.75, 3.05) is 0 Å². The van der Waals surface area contributed by atoms with Gasteiger partial charge in [-0.1, -0.05) is 147 Å². The minimum absolute atomic E-state index is 0.173. The molecule has 7 heteroatoms. The van der Waals surface area contributed by atoms with Crippen molar-refractivity contribution in [1.29, 1.82) is 0 Å². The topological polar surface area (TPSA) is 52.3 Å². The minimum Gasteiger partial charge on any atom is -0.457 e. The number of nitrogens with zero attached hydrogens (tertiary/aromatic N) is 4. The molecule has 14 rings (SSSR count). The molecule has 5 nitrogen and oxygen atoms in total. The molecule has 0 N–H and O–H groups in total. The summed E-state index contributed by atoms with van der Waals surface area (Å²) in [6.45, 7) is -5.98. The van der Waals surface area contributed by atoms with E-state index in [1.165, 1.54) is 11.3 Å².